The van der Waals surface area contributed by atoms with E-state index < -0.39 is 0 Å². The molecule has 0 spiro atoms. The van der Waals surface area contributed by atoms with E-state index >= 15 is 0 Å². The van der Waals surface area contributed by atoms with Gasteiger partial charge in [0.25, 0.3) is 0 Å². The van der Waals surface area contributed by atoms with Crippen LogP contribution in [0.5, 0.6) is 5.75 Å². The molecule has 0 amide bonds. The van der Waals surface area contributed by atoms with Crippen molar-refractivity contribution in [3.8, 4) is 5.75 Å². The van der Waals surface area contributed by atoms with Crippen molar-refractivity contribution in [1.82, 2.24) is 0 Å². The van der Waals surface area contributed by atoms with Crippen molar-refractivity contribution in [2.24, 2.45) is 0 Å². The summed E-state index contributed by atoms with van der Waals surface area (Å²) in [6.45, 7) is 5.76. The quantitative estimate of drug-likeness (QED) is 0.481. The fourth-order valence-corrected chi connectivity index (χ4v) is 1.18. The monoisotopic (exact) mass is 206 g/mol. The summed E-state index contributed by atoms with van der Waals surface area (Å²) in [5.74, 6) is 0.935. The van der Waals surface area contributed by atoms with Gasteiger partial charge >= 0.3 is 0 Å². The summed E-state index contributed by atoms with van der Waals surface area (Å²) >= 11 is 0. The molecule has 0 saturated carbocycles. The Labute approximate surface area is 91.5 Å². The molecule has 0 N–H and O–H groups in total. The molecule has 15 heavy (non-hydrogen) atoms. The van der Waals surface area contributed by atoms with Gasteiger partial charge in [-0.05, 0) is 25.0 Å². The maximum absolute atomic E-state index is 5.54. The lowest BCUT2D eigenvalue weighted by Gasteiger charge is -2.05. The van der Waals surface area contributed by atoms with Gasteiger partial charge in [0.15, 0.2) is 0 Å². The summed E-state index contributed by atoms with van der Waals surface area (Å²) in [6.07, 6.45) is 3.81. The third kappa shape index (κ3) is 5.92. The van der Waals surface area contributed by atoms with Crippen LogP contribution in [0.2, 0.25) is 0 Å². The van der Waals surface area contributed by atoms with Gasteiger partial charge in [-0.25, -0.2) is 0 Å². The zero-order chi connectivity index (χ0) is 10.8. The number of rotatable bonds is 8. The first-order chi connectivity index (χ1) is 7.43. The number of ether oxygens (including phenoxy) is 2. The van der Waals surface area contributed by atoms with E-state index in [2.05, 4.69) is 6.58 Å². The minimum absolute atomic E-state index is 0.638. The van der Waals surface area contributed by atoms with Gasteiger partial charge < -0.3 is 9.47 Å². The molecular formula is C13H18O2. The Morgan fingerprint density at radius 1 is 1.07 bits per heavy atom. The molecule has 82 valence electrons. The fraction of sp³-hybridized carbons (Fsp3) is 0.385. The van der Waals surface area contributed by atoms with Crippen molar-refractivity contribution in [1.29, 1.82) is 0 Å². The van der Waals surface area contributed by atoms with Crippen molar-refractivity contribution in [2.45, 2.75) is 12.8 Å². The third-order valence-corrected chi connectivity index (χ3v) is 1.93. The van der Waals surface area contributed by atoms with Crippen LogP contribution in [0.25, 0.3) is 0 Å². The van der Waals surface area contributed by atoms with Gasteiger partial charge in [-0.1, -0.05) is 24.3 Å². The van der Waals surface area contributed by atoms with E-state index in [-0.39, 0.29) is 0 Å². The first kappa shape index (κ1) is 11.8. The number of hydrogen-bond acceptors (Lipinski definition) is 2. The van der Waals surface area contributed by atoms with Gasteiger partial charge in [0.2, 0.25) is 0 Å². The molecule has 0 aromatic heterocycles. The molecule has 1 rings (SSSR count). The zero-order valence-electron chi connectivity index (χ0n) is 9.02. The summed E-state index contributed by atoms with van der Waals surface area (Å²) in [5.41, 5.74) is 0. The number of hydrogen-bond donors (Lipinski definition) is 0. The fourth-order valence-electron chi connectivity index (χ4n) is 1.18. The van der Waals surface area contributed by atoms with Crippen LogP contribution >= 0.6 is 0 Å². The number of para-hydroxylation sites is 1. The van der Waals surface area contributed by atoms with Crippen molar-refractivity contribution >= 4 is 0 Å². The molecule has 0 aliphatic heterocycles. The summed E-state index contributed by atoms with van der Waals surface area (Å²) in [4.78, 5) is 0. The van der Waals surface area contributed by atoms with Gasteiger partial charge in [0, 0.05) is 6.61 Å². The van der Waals surface area contributed by atoms with Crippen molar-refractivity contribution < 1.29 is 9.47 Å². The molecule has 0 heterocycles. The van der Waals surface area contributed by atoms with Gasteiger partial charge in [-0.2, -0.15) is 0 Å². The highest BCUT2D eigenvalue weighted by molar-refractivity contribution is 5.20. The van der Waals surface area contributed by atoms with Crippen LogP contribution in [0.3, 0.4) is 0 Å². The van der Waals surface area contributed by atoms with E-state index in [0.29, 0.717) is 6.61 Å². The van der Waals surface area contributed by atoms with Crippen molar-refractivity contribution in [2.75, 3.05) is 19.8 Å². The second-order valence-electron chi connectivity index (χ2n) is 3.23. The van der Waals surface area contributed by atoms with Crippen LogP contribution < -0.4 is 4.74 Å². The minimum atomic E-state index is 0.638. The Balaban J connectivity index is 1.95. The Bertz CT molecular complexity index is 256. The van der Waals surface area contributed by atoms with E-state index in [0.717, 1.165) is 31.8 Å². The van der Waals surface area contributed by atoms with Crippen LogP contribution in [0.4, 0.5) is 0 Å². The molecule has 0 fully saturated rings. The Kier molecular flexibility index (Phi) is 6.34. The number of unbranched alkanes of at least 4 members (excludes halogenated alkanes) is 1. The van der Waals surface area contributed by atoms with Crippen molar-refractivity contribution in [3.63, 3.8) is 0 Å². The number of benzene rings is 1. The highest BCUT2D eigenvalue weighted by atomic mass is 16.5. The van der Waals surface area contributed by atoms with Crippen LogP contribution in [0.15, 0.2) is 43.0 Å². The summed E-state index contributed by atoms with van der Waals surface area (Å²) < 4.78 is 10.8. The molecule has 0 aliphatic carbocycles. The van der Waals surface area contributed by atoms with E-state index in [1.165, 1.54) is 0 Å². The zero-order valence-corrected chi connectivity index (χ0v) is 9.02. The van der Waals surface area contributed by atoms with E-state index in [1.54, 1.807) is 6.08 Å². The molecule has 0 unspecified atom stereocenters. The topological polar surface area (TPSA) is 18.5 Å². The SMILES string of the molecule is C=CCOCCCCOc1ccccc1. The van der Waals surface area contributed by atoms with E-state index in [4.69, 9.17) is 9.47 Å². The standard InChI is InChI=1S/C13H18O2/c1-2-10-14-11-6-7-12-15-13-8-4-3-5-9-13/h2-5,8-9H,1,6-7,10-12H2. The van der Waals surface area contributed by atoms with Crippen LogP contribution in [0.1, 0.15) is 12.8 Å². The predicted octanol–water partition coefficient (Wildman–Crippen LogP) is 3.05. The second kappa shape index (κ2) is 8.06. The molecular weight excluding hydrogens is 188 g/mol. The third-order valence-electron chi connectivity index (χ3n) is 1.93. The van der Waals surface area contributed by atoms with E-state index in [1.807, 2.05) is 30.3 Å². The lowest BCUT2D eigenvalue weighted by molar-refractivity contribution is 0.152. The summed E-state index contributed by atoms with van der Waals surface area (Å²) in [5, 5.41) is 0. The first-order valence-electron chi connectivity index (χ1n) is 5.30. The molecule has 1 aromatic carbocycles. The highest BCUT2D eigenvalue weighted by Crippen LogP contribution is 2.08. The maximum Gasteiger partial charge on any atom is 0.119 e. The smallest absolute Gasteiger partial charge is 0.119 e. The van der Waals surface area contributed by atoms with E-state index in [9.17, 15) is 0 Å². The molecule has 0 atom stereocenters. The van der Waals surface area contributed by atoms with Crippen LogP contribution in [-0.2, 0) is 4.74 Å². The average Bonchev–Trinajstić information content (AvgIpc) is 2.29. The van der Waals surface area contributed by atoms with Crippen LogP contribution in [-0.4, -0.2) is 19.8 Å². The molecule has 0 bridgehead atoms. The normalized spacial score (nSPS) is 9.87. The molecule has 0 saturated heterocycles. The maximum atomic E-state index is 5.54. The molecule has 2 heteroatoms. The second-order valence-corrected chi connectivity index (χ2v) is 3.23. The molecule has 2 nitrogen and oxygen atoms in total. The van der Waals surface area contributed by atoms with Gasteiger partial charge in [0.1, 0.15) is 5.75 Å². The van der Waals surface area contributed by atoms with Gasteiger partial charge in [0.05, 0.1) is 13.2 Å². The Hall–Kier alpha value is -1.28. The van der Waals surface area contributed by atoms with Gasteiger partial charge in [-0.3, -0.25) is 0 Å². The molecule has 1 aromatic rings. The first-order valence-corrected chi connectivity index (χ1v) is 5.30. The summed E-state index contributed by atoms with van der Waals surface area (Å²) in [7, 11) is 0. The largest absolute Gasteiger partial charge is 0.494 e. The summed E-state index contributed by atoms with van der Waals surface area (Å²) in [6, 6.07) is 9.86. The predicted molar refractivity (Wildman–Crippen MR) is 62.2 cm³/mol. The minimum Gasteiger partial charge on any atom is -0.494 e. The van der Waals surface area contributed by atoms with Crippen LogP contribution in [0, 0.1) is 0 Å². The lowest BCUT2D eigenvalue weighted by Crippen LogP contribution is -2.00. The molecule has 0 radical (unpaired) electrons. The highest BCUT2D eigenvalue weighted by Gasteiger charge is 1.92. The van der Waals surface area contributed by atoms with Gasteiger partial charge in [-0.15, -0.1) is 6.58 Å². The Morgan fingerprint density at radius 3 is 2.53 bits per heavy atom. The Morgan fingerprint density at radius 2 is 1.80 bits per heavy atom. The molecule has 0 aliphatic rings. The van der Waals surface area contributed by atoms with Crippen molar-refractivity contribution in [3.05, 3.63) is 43.0 Å². The lowest BCUT2D eigenvalue weighted by atomic mass is 10.3. The average molecular weight is 206 g/mol.